The number of aldehydes is 1. The predicted molar refractivity (Wildman–Crippen MR) is 79.4 cm³/mol. The Labute approximate surface area is 117 Å². The van der Waals surface area contributed by atoms with Gasteiger partial charge >= 0.3 is 0 Å². The smallest absolute Gasteiger partial charge is 0.152 e. The van der Waals surface area contributed by atoms with Crippen LogP contribution < -0.4 is 4.90 Å². The van der Waals surface area contributed by atoms with Crippen LogP contribution in [0.2, 0.25) is 0 Å². The number of carbonyl (C=O) groups is 1. The Morgan fingerprint density at radius 2 is 2.06 bits per heavy atom. The van der Waals surface area contributed by atoms with Crippen molar-refractivity contribution in [1.29, 1.82) is 0 Å². The summed E-state index contributed by atoms with van der Waals surface area (Å²) in [6, 6.07) is 6.49. The predicted octanol–water partition coefficient (Wildman–Crippen LogP) is 4.28. The van der Waals surface area contributed by atoms with Gasteiger partial charge < -0.3 is 4.90 Å². The monoisotopic (exact) mass is 309 g/mol. The van der Waals surface area contributed by atoms with Gasteiger partial charge in [0, 0.05) is 28.8 Å². The second-order valence-electron chi connectivity index (χ2n) is 5.26. The minimum absolute atomic E-state index is 0.554. The quantitative estimate of drug-likeness (QED) is 0.777. The van der Waals surface area contributed by atoms with Crippen molar-refractivity contribution in [3.05, 3.63) is 28.2 Å². The van der Waals surface area contributed by atoms with Gasteiger partial charge in [-0.2, -0.15) is 0 Å². The topological polar surface area (TPSA) is 20.3 Å². The van der Waals surface area contributed by atoms with Crippen molar-refractivity contribution < 1.29 is 4.79 Å². The summed E-state index contributed by atoms with van der Waals surface area (Å²) in [6.07, 6.45) is 6.11. The highest BCUT2D eigenvalue weighted by Gasteiger charge is 2.26. The molecule has 2 atom stereocenters. The van der Waals surface area contributed by atoms with E-state index >= 15 is 0 Å². The highest BCUT2D eigenvalue weighted by Crippen LogP contribution is 2.32. The van der Waals surface area contributed by atoms with Crippen LogP contribution in [0.3, 0.4) is 0 Å². The molecule has 0 spiro atoms. The molecule has 0 N–H and O–H groups in total. The molecule has 2 rings (SSSR count). The zero-order valence-electron chi connectivity index (χ0n) is 11.0. The lowest BCUT2D eigenvalue weighted by Crippen LogP contribution is -2.39. The normalized spacial score (nSPS) is 23.7. The Morgan fingerprint density at radius 1 is 1.33 bits per heavy atom. The number of benzene rings is 1. The minimum atomic E-state index is 0.554. The van der Waals surface area contributed by atoms with E-state index in [-0.39, 0.29) is 0 Å². The van der Waals surface area contributed by atoms with Crippen molar-refractivity contribution >= 4 is 27.9 Å². The standard InChI is InChI=1S/C15H20BrNO/c1-11-5-3-4-6-14(11)17(2)15-8-7-13(16)9-12(15)10-18/h7-11,14H,3-6H2,1-2H3. The van der Waals surface area contributed by atoms with Gasteiger partial charge in [-0.3, -0.25) is 4.79 Å². The fourth-order valence-electron chi connectivity index (χ4n) is 2.99. The molecule has 0 aliphatic heterocycles. The lowest BCUT2D eigenvalue weighted by Gasteiger charge is -2.38. The zero-order chi connectivity index (χ0) is 13.1. The summed E-state index contributed by atoms with van der Waals surface area (Å²) in [6.45, 7) is 2.32. The van der Waals surface area contributed by atoms with E-state index in [4.69, 9.17) is 0 Å². The third kappa shape index (κ3) is 2.77. The first-order valence-corrected chi connectivity index (χ1v) is 7.40. The van der Waals surface area contributed by atoms with Gasteiger partial charge in [-0.15, -0.1) is 0 Å². The molecule has 1 aliphatic carbocycles. The molecule has 0 saturated heterocycles. The van der Waals surface area contributed by atoms with Gasteiger partial charge in [0.05, 0.1) is 0 Å². The molecule has 1 aromatic carbocycles. The first-order valence-electron chi connectivity index (χ1n) is 6.61. The lowest BCUT2D eigenvalue weighted by atomic mass is 9.84. The van der Waals surface area contributed by atoms with Crippen LogP contribution in [-0.2, 0) is 0 Å². The Hall–Kier alpha value is -0.830. The van der Waals surface area contributed by atoms with Crippen molar-refractivity contribution in [1.82, 2.24) is 0 Å². The van der Waals surface area contributed by atoms with Gasteiger partial charge in [0.25, 0.3) is 0 Å². The van der Waals surface area contributed by atoms with E-state index in [1.165, 1.54) is 25.7 Å². The molecular weight excluding hydrogens is 290 g/mol. The highest BCUT2D eigenvalue weighted by atomic mass is 79.9. The molecule has 1 saturated carbocycles. The van der Waals surface area contributed by atoms with E-state index in [0.29, 0.717) is 12.0 Å². The number of anilines is 1. The van der Waals surface area contributed by atoms with Crippen LogP contribution in [0.5, 0.6) is 0 Å². The van der Waals surface area contributed by atoms with Gasteiger partial charge in [0.2, 0.25) is 0 Å². The van der Waals surface area contributed by atoms with E-state index in [9.17, 15) is 4.79 Å². The van der Waals surface area contributed by atoms with Gasteiger partial charge in [-0.05, 0) is 37.0 Å². The lowest BCUT2D eigenvalue weighted by molar-refractivity contribution is 0.112. The molecule has 3 heteroatoms. The highest BCUT2D eigenvalue weighted by molar-refractivity contribution is 9.10. The summed E-state index contributed by atoms with van der Waals surface area (Å²) in [5.41, 5.74) is 1.82. The summed E-state index contributed by atoms with van der Waals surface area (Å²) in [4.78, 5) is 13.5. The van der Waals surface area contributed by atoms with Crippen molar-refractivity contribution in [2.45, 2.75) is 38.6 Å². The molecule has 0 heterocycles. The van der Waals surface area contributed by atoms with Crippen LogP contribution in [0.1, 0.15) is 43.0 Å². The van der Waals surface area contributed by atoms with E-state index in [2.05, 4.69) is 34.8 Å². The summed E-state index contributed by atoms with van der Waals surface area (Å²) in [7, 11) is 2.11. The Balaban J connectivity index is 2.27. The molecule has 98 valence electrons. The molecule has 1 aliphatic rings. The number of halogens is 1. The maximum Gasteiger partial charge on any atom is 0.152 e. The Bertz CT molecular complexity index is 433. The van der Waals surface area contributed by atoms with Gasteiger partial charge in [0.15, 0.2) is 6.29 Å². The Morgan fingerprint density at radius 3 is 2.72 bits per heavy atom. The number of carbonyl (C=O) groups excluding carboxylic acids is 1. The van der Waals surface area contributed by atoms with Crippen molar-refractivity contribution in [2.24, 2.45) is 5.92 Å². The van der Waals surface area contributed by atoms with Crippen LogP contribution >= 0.6 is 15.9 Å². The molecule has 18 heavy (non-hydrogen) atoms. The van der Waals surface area contributed by atoms with Crippen LogP contribution in [0.4, 0.5) is 5.69 Å². The molecule has 0 aromatic heterocycles. The molecule has 0 radical (unpaired) electrons. The number of rotatable bonds is 3. The average Bonchev–Trinajstić information content (AvgIpc) is 2.38. The maximum atomic E-state index is 11.2. The van der Waals surface area contributed by atoms with Crippen LogP contribution in [0.25, 0.3) is 0 Å². The van der Waals surface area contributed by atoms with E-state index in [0.717, 1.165) is 22.0 Å². The number of hydrogen-bond acceptors (Lipinski definition) is 2. The summed E-state index contributed by atoms with van der Waals surface area (Å²) >= 11 is 3.42. The van der Waals surface area contributed by atoms with Crippen molar-refractivity contribution in [3.8, 4) is 0 Å². The van der Waals surface area contributed by atoms with Crippen molar-refractivity contribution in [3.63, 3.8) is 0 Å². The first kappa shape index (κ1) is 13.6. The van der Waals surface area contributed by atoms with E-state index < -0.39 is 0 Å². The fourth-order valence-corrected chi connectivity index (χ4v) is 3.37. The Kier molecular flexibility index (Phi) is 4.44. The summed E-state index contributed by atoms with van der Waals surface area (Å²) < 4.78 is 0.957. The molecule has 2 unspecified atom stereocenters. The minimum Gasteiger partial charge on any atom is -0.371 e. The van der Waals surface area contributed by atoms with E-state index in [1.807, 2.05) is 18.2 Å². The second-order valence-corrected chi connectivity index (χ2v) is 6.18. The van der Waals surface area contributed by atoms with Crippen molar-refractivity contribution in [2.75, 3.05) is 11.9 Å². The van der Waals surface area contributed by atoms with E-state index in [1.54, 1.807) is 0 Å². The van der Waals surface area contributed by atoms with Crippen LogP contribution in [0.15, 0.2) is 22.7 Å². The SMILES string of the molecule is CC1CCCCC1N(C)c1ccc(Br)cc1C=O. The fraction of sp³-hybridized carbons (Fsp3) is 0.533. The van der Waals surface area contributed by atoms with Gasteiger partial charge in [-0.25, -0.2) is 0 Å². The molecular formula is C15H20BrNO. The third-order valence-electron chi connectivity index (χ3n) is 4.06. The number of hydrogen-bond donors (Lipinski definition) is 0. The molecule has 2 nitrogen and oxygen atoms in total. The number of nitrogens with zero attached hydrogens (tertiary/aromatic N) is 1. The third-order valence-corrected chi connectivity index (χ3v) is 4.55. The first-order chi connectivity index (χ1) is 8.63. The molecule has 1 fully saturated rings. The van der Waals surface area contributed by atoms with Crippen LogP contribution in [0, 0.1) is 5.92 Å². The van der Waals surface area contributed by atoms with Gasteiger partial charge in [0.1, 0.15) is 0 Å². The van der Waals surface area contributed by atoms with Gasteiger partial charge in [-0.1, -0.05) is 35.7 Å². The average molecular weight is 310 g/mol. The summed E-state index contributed by atoms with van der Waals surface area (Å²) in [5.74, 6) is 0.701. The van der Waals surface area contributed by atoms with Crippen LogP contribution in [-0.4, -0.2) is 19.4 Å². The molecule has 0 amide bonds. The largest absolute Gasteiger partial charge is 0.371 e. The maximum absolute atomic E-state index is 11.2. The molecule has 1 aromatic rings. The second kappa shape index (κ2) is 5.87. The summed E-state index contributed by atoms with van der Waals surface area (Å²) in [5, 5.41) is 0. The molecule has 0 bridgehead atoms. The zero-order valence-corrected chi connectivity index (χ0v) is 12.6.